The highest BCUT2D eigenvalue weighted by Gasteiger charge is 2.39. The van der Waals surface area contributed by atoms with Crippen LogP contribution < -0.4 is 10.2 Å². The zero-order valence-corrected chi connectivity index (χ0v) is 13.7. The number of hydrogen-bond donors (Lipinski definition) is 1. The molecule has 1 atom stereocenters. The molecule has 1 aliphatic rings. The van der Waals surface area contributed by atoms with Crippen LogP contribution in [0.15, 0.2) is 42.5 Å². The number of benzene rings is 2. The SMILES string of the molecule is Cc1ccc(N[C@H]2CC(=O)N(c3ccc(C)c(Cl)c3)C2=O)cc1. The fourth-order valence-electron chi connectivity index (χ4n) is 2.59. The van der Waals surface area contributed by atoms with E-state index >= 15 is 0 Å². The third kappa shape index (κ3) is 3.08. The monoisotopic (exact) mass is 328 g/mol. The van der Waals surface area contributed by atoms with Crippen LogP contribution in [0.25, 0.3) is 0 Å². The lowest BCUT2D eigenvalue weighted by Crippen LogP contribution is -2.34. The van der Waals surface area contributed by atoms with E-state index in [0.717, 1.165) is 16.8 Å². The number of amides is 2. The number of carbonyl (C=O) groups excluding carboxylic acids is 2. The van der Waals surface area contributed by atoms with Crippen molar-refractivity contribution in [3.63, 3.8) is 0 Å². The summed E-state index contributed by atoms with van der Waals surface area (Å²) in [6.07, 6.45) is 0.137. The summed E-state index contributed by atoms with van der Waals surface area (Å²) in [5.74, 6) is -0.477. The molecule has 0 bridgehead atoms. The predicted molar refractivity (Wildman–Crippen MR) is 91.9 cm³/mol. The normalized spacial score (nSPS) is 17.7. The summed E-state index contributed by atoms with van der Waals surface area (Å²) >= 11 is 6.10. The van der Waals surface area contributed by atoms with Crippen molar-refractivity contribution in [2.75, 3.05) is 10.2 Å². The molecule has 3 rings (SSSR count). The number of nitrogens with zero attached hydrogens (tertiary/aromatic N) is 1. The molecule has 2 amide bonds. The van der Waals surface area contributed by atoms with E-state index in [1.165, 1.54) is 4.90 Å². The number of carbonyl (C=O) groups is 2. The molecule has 1 fully saturated rings. The highest BCUT2D eigenvalue weighted by atomic mass is 35.5. The molecule has 1 heterocycles. The third-order valence-electron chi connectivity index (χ3n) is 3.95. The molecule has 118 valence electrons. The number of hydrogen-bond acceptors (Lipinski definition) is 3. The van der Waals surface area contributed by atoms with E-state index in [0.29, 0.717) is 10.7 Å². The van der Waals surface area contributed by atoms with E-state index in [9.17, 15) is 9.59 Å². The lowest BCUT2D eigenvalue weighted by Gasteiger charge is -2.17. The number of nitrogens with one attached hydrogen (secondary N) is 1. The van der Waals surface area contributed by atoms with E-state index in [1.54, 1.807) is 18.2 Å². The summed E-state index contributed by atoms with van der Waals surface area (Å²) in [5.41, 5.74) is 3.39. The van der Waals surface area contributed by atoms with Gasteiger partial charge in [0.25, 0.3) is 5.91 Å². The van der Waals surface area contributed by atoms with Gasteiger partial charge in [-0.2, -0.15) is 0 Å². The van der Waals surface area contributed by atoms with Gasteiger partial charge in [-0.25, -0.2) is 4.90 Å². The van der Waals surface area contributed by atoms with Crippen LogP contribution in [-0.4, -0.2) is 17.9 Å². The van der Waals surface area contributed by atoms with Crippen LogP contribution >= 0.6 is 11.6 Å². The van der Waals surface area contributed by atoms with Gasteiger partial charge in [0.15, 0.2) is 0 Å². The average molecular weight is 329 g/mol. The molecule has 4 nitrogen and oxygen atoms in total. The maximum absolute atomic E-state index is 12.6. The molecule has 1 N–H and O–H groups in total. The van der Waals surface area contributed by atoms with Crippen LogP contribution in [0, 0.1) is 13.8 Å². The molecular weight excluding hydrogens is 312 g/mol. The van der Waals surface area contributed by atoms with Crippen LogP contribution in [-0.2, 0) is 9.59 Å². The third-order valence-corrected chi connectivity index (χ3v) is 4.36. The zero-order valence-electron chi connectivity index (χ0n) is 13.0. The smallest absolute Gasteiger partial charge is 0.256 e. The van der Waals surface area contributed by atoms with E-state index in [2.05, 4.69) is 5.32 Å². The van der Waals surface area contributed by atoms with Crippen molar-refractivity contribution in [3.05, 3.63) is 58.6 Å². The Morgan fingerprint density at radius 1 is 1.09 bits per heavy atom. The van der Waals surface area contributed by atoms with Gasteiger partial charge in [-0.15, -0.1) is 0 Å². The van der Waals surface area contributed by atoms with Crippen molar-refractivity contribution < 1.29 is 9.59 Å². The summed E-state index contributed by atoms with van der Waals surface area (Å²) < 4.78 is 0. The van der Waals surface area contributed by atoms with E-state index in [1.807, 2.05) is 38.1 Å². The first-order chi connectivity index (χ1) is 11.0. The molecule has 0 unspecified atom stereocenters. The maximum Gasteiger partial charge on any atom is 0.256 e. The fraction of sp³-hybridized carbons (Fsp3) is 0.222. The van der Waals surface area contributed by atoms with Crippen molar-refractivity contribution in [1.29, 1.82) is 0 Å². The summed E-state index contributed by atoms with van der Waals surface area (Å²) in [4.78, 5) is 26.0. The Kier molecular flexibility index (Phi) is 4.09. The lowest BCUT2D eigenvalue weighted by molar-refractivity contribution is -0.121. The van der Waals surface area contributed by atoms with Gasteiger partial charge in [-0.3, -0.25) is 9.59 Å². The topological polar surface area (TPSA) is 49.4 Å². The summed E-state index contributed by atoms with van der Waals surface area (Å²) in [5, 5.41) is 3.67. The molecule has 0 saturated carbocycles. The minimum Gasteiger partial charge on any atom is -0.373 e. The van der Waals surface area contributed by atoms with Crippen molar-refractivity contribution in [3.8, 4) is 0 Å². The number of imide groups is 1. The Morgan fingerprint density at radius 2 is 1.78 bits per heavy atom. The van der Waals surface area contributed by atoms with Crippen LogP contribution in [0.2, 0.25) is 5.02 Å². The first kappa shape index (κ1) is 15.6. The molecule has 2 aromatic rings. The molecule has 0 aromatic heterocycles. The van der Waals surface area contributed by atoms with Gasteiger partial charge >= 0.3 is 0 Å². The van der Waals surface area contributed by atoms with Gasteiger partial charge in [0.05, 0.1) is 12.1 Å². The minimum absolute atomic E-state index is 0.137. The second kappa shape index (κ2) is 6.05. The molecular formula is C18H17ClN2O2. The van der Waals surface area contributed by atoms with E-state index < -0.39 is 6.04 Å². The lowest BCUT2D eigenvalue weighted by atomic mass is 10.2. The molecule has 2 aromatic carbocycles. The second-order valence-electron chi connectivity index (χ2n) is 5.77. The molecule has 1 aliphatic heterocycles. The van der Waals surface area contributed by atoms with Crippen LogP contribution in [0.5, 0.6) is 0 Å². The van der Waals surface area contributed by atoms with Crippen molar-refractivity contribution in [2.45, 2.75) is 26.3 Å². The molecule has 5 heteroatoms. The highest BCUT2D eigenvalue weighted by Crippen LogP contribution is 2.28. The molecule has 0 radical (unpaired) electrons. The number of rotatable bonds is 3. The highest BCUT2D eigenvalue weighted by molar-refractivity contribution is 6.32. The molecule has 1 saturated heterocycles. The van der Waals surface area contributed by atoms with Crippen molar-refractivity contribution in [1.82, 2.24) is 0 Å². The van der Waals surface area contributed by atoms with Crippen LogP contribution in [0.1, 0.15) is 17.5 Å². The Bertz CT molecular complexity index is 771. The molecule has 0 aliphatic carbocycles. The Balaban J connectivity index is 1.82. The number of aryl methyl sites for hydroxylation is 2. The Hall–Kier alpha value is -2.33. The summed E-state index contributed by atoms with van der Waals surface area (Å²) in [6, 6.07) is 12.4. The van der Waals surface area contributed by atoms with Gasteiger partial charge in [-0.1, -0.05) is 35.4 Å². The van der Waals surface area contributed by atoms with Crippen LogP contribution in [0.4, 0.5) is 11.4 Å². The minimum atomic E-state index is -0.551. The van der Waals surface area contributed by atoms with E-state index in [4.69, 9.17) is 11.6 Å². The fourth-order valence-corrected chi connectivity index (χ4v) is 2.76. The van der Waals surface area contributed by atoms with Gasteiger partial charge < -0.3 is 5.32 Å². The average Bonchev–Trinajstić information content (AvgIpc) is 2.79. The Labute approximate surface area is 140 Å². The largest absolute Gasteiger partial charge is 0.373 e. The summed E-state index contributed by atoms with van der Waals surface area (Å²) in [7, 11) is 0. The second-order valence-corrected chi connectivity index (χ2v) is 6.18. The first-order valence-corrected chi connectivity index (χ1v) is 7.79. The van der Waals surface area contributed by atoms with Crippen molar-refractivity contribution >= 4 is 34.8 Å². The molecule has 0 spiro atoms. The zero-order chi connectivity index (χ0) is 16.6. The van der Waals surface area contributed by atoms with Gasteiger partial charge in [0, 0.05) is 10.7 Å². The quantitative estimate of drug-likeness (QED) is 0.874. The molecule has 23 heavy (non-hydrogen) atoms. The standard InChI is InChI=1S/C18H17ClN2O2/c1-11-3-6-13(7-4-11)20-16-10-17(22)21(18(16)23)14-8-5-12(2)15(19)9-14/h3-9,16,20H,10H2,1-2H3/t16-/m0/s1. The first-order valence-electron chi connectivity index (χ1n) is 7.42. The van der Waals surface area contributed by atoms with E-state index in [-0.39, 0.29) is 18.2 Å². The van der Waals surface area contributed by atoms with Gasteiger partial charge in [0.1, 0.15) is 6.04 Å². The Morgan fingerprint density at radius 3 is 2.43 bits per heavy atom. The summed E-state index contributed by atoms with van der Waals surface area (Å²) in [6.45, 7) is 3.87. The van der Waals surface area contributed by atoms with Crippen molar-refractivity contribution in [2.24, 2.45) is 0 Å². The number of halogens is 1. The predicted octanol–water partition coefficient (Wildman–Crippen LogP) is 3.70. The van der Waals surface area contributed by atoms with Crippen LogP contribution in [0.3, 0.4) is 0 Å². The van der Waals surface area contributed by atoms with Gasteiger partial charge in [-0.05, 0) is 43.7 Å². The van der Waals surface area contributed by atoms with Gasteiger partial charge in [0.2, 0.25) is 5.91 Å². The maximum atomic E-state index is 12.6. The number of anilines is 2.